The standard InChI is InChI=1S/C21H17N3O/c1-23-19-15-9-8-14-18(19)20(21(23)25)22-24(16-10-4-2-5-11-16)17-12-6-3-7-13-17/h2-15H,1H3. The molecule has 0 aliphatic carbocycles. The maximum absolute atomic E-state index is 12.7. The minimum Gasteiger partial charge on any atom is -0.309 e. The molecule has 3 aromatic carbocycles. The van der Waals surface area contributed by atoms with Gasteiger partial charge in [-0.15, -0.1) is 0 Å². The van der Waals surface area contributed by atoms with E-state index in [2.05, 4.69) is 0 Å². The third-order valence-electron chi connectivity index (χ3n) is 4.23. The first-order valence-electron chi connectivity index (χ1n) is 8.12. The summed E-state index contributed by atoms with van der Waals surface area (Å²) in [6, 6.07) is 27.4. The van der Waals surface area contributed by atoms with Gasteiger partial charge in [-0.2, -0.15) is 5.10 Å². The third-order valence-corrected chi connectivity index (χ3v) is 4.23. The van der Waals surface area contributed by atoms with Crippen LogP contribution in [0.15, 0.2) is 90.0 Å². The first-order chi connectivity index (χ1) is 12.3. The number of amides is 1. The van der Waals surface area contributed by atoms with Crippen LogP contribution in [0.3, 0.4) is 0 Å². The van der Waals surface area contributed by atoms with Crippen molar-refractivity contribution >= 4 is 28.7 Å². The number of hydrazone groups is 1. The molecule has 4 heteroatoms. The van der Waals surface area contributed by atoms with Crippen molar-refractivity contribution in [3.05, 3.63) is 90.5 Å². The quantitative estimate of drug-likeness (QED) is 0.676. The third kappa shape index (κ3) is 2.68. The average molecular weight is 327 g/mol. The Hall–Kier alpha value is -3.40. The van der Waals surface area contributed by atoms with E-state index in [0.717, 1.165) is 22.6 Å². The minimum atomic E-state index is -0.0990. The molecular weight excluding hydrogens is 310 g/mol. The SMILES string of the molecule is CN1C(=O)C(=NN(c2ccccc2)c2ccccc2)c2ccccc21. The predicted molar refractivity (Wildman–Crippen MR) is 101 cm³/mol. The van der Waals surface area contributed by atoms with E-state index in [9.17, 15) is 4.79 Å². The molecule has 0 fully saturated rings. The Labute approximate surface area is 146 Å². The summed E-state index contributed by atoms with van der Waals surface area (Å²) in [7, 11) is 1.78. The summed E-state index contributed by atoms with van der Waals surface area (Å²) in [6.07, 6.45) is 0. The molecule has 0 N–H and O–H groups in total. The Kier molecular flexibility index (Phi) is 3.78. The van der Waals surface area contributed by atoms with Crippen LogP contribution in [0.1, 0.15) is 5.56 Å². The van der Waals surface area contributed by atoms with Gasteiger partial charge in [0.05, 0.1) is 17.1 Å². The molecule has 4 rings (SSSR count). The molecule has 0 atom stereocenters. The second-order valence-electron chi connectivity index (χ2n) is 5.81. The summed E-state index contributed by atoms with van der Waals surface area (Å²) in [4.78, 5) is 14.4. The number of rotatable bonds is 3. The molecule has 0 saturated carbocycles. The zero-order valence-electron chi connectivity index (χ0n) is 13.8. The van der Waals surface area contributed by atoms with Crippen molar-refractivity contribution in [3.63, 3.8) is 0 Å². The highest BCUT2D eigenvalue weighted by Crippen LogP contribution is 2.31. The maximum atomic E-state index is 12.7. The van der Waals surface area contributed by atoms with Crippen LogP contribution in [0.4, 0.5) is 17.1 Å². The second kappa shape index (κ2) is 6.24. The summed E-state index contributed by atoms with van der Waals surface area (Å²) < 4.78 is 0. The van der Waals surface area contributed by atoms with E-state index in [-0.39, 0.29) is 5.91 Å². The lowest BCUT2D eigenvalue weighted by molar-refractivity contribution is -0.111. The fraction of sp³-hybridized carbons (Fsp3) is 0.0476. The normalized spacial score (nSPS) is 14.7. The van der Waals surface area contributed by atoms with E-state index in [1.165, 1.54) is 0 Å². The average Bonchev–Trinajstić information content (AvgIpc) is 2.92. The van der Waals surface area contributed by atoms with Crippen LogP contribution < -0.4 is 9.91 Å². The van der Waals surface area contributed by atoms with E-state index in [1.54, 1.807) is 11.9 Å². The van der Waals surface area contributed by atoms with Gasteiger partial charge in [-0.25, -0.2) is 5.01 Å². The van der Waals surface area contributed by atoms with Crippen LogP contribution in [-0.4, -0.2) is 18.7 Å². The zero-order valence-corrected chi connectivity index (χ0v) is 13.8. The summed E-state index contributed by atoms with van der Waals surface area (Å²) in [5.41, 5.74) is 3.99. The molecule has 0 unspecified atom stereocenters. The number of carbonyl (C=O) groups is 1. The number of fused-ring (bicyclic) bond motifs is 1. The zero-order chi connectivity index (χ0) is 17.2. The molecule has 0 radical (unpaired) electrons. The number of anilines is 3. The van der Waals surface area contributed by atoms with Gasteiger partial charge in [-0.05, 0) is 30.3 Å². The number of nitrogens with zero attached hydrogens (tertiary/aromatic N) is 3. The lowest BCUT2D eigenvalue weighted by atomic mass is 10.1. The van der Waals surface area contributed by atoms with E-state index in [4.69, 9.17) is 5.10 Å². The van der Waals surface area contributed by atoms with Crippen LogP contribution in [0, 0.1) is 0 Å². The van der Waals surface area contributed by atoms with Crippen molar-refractivity contribution in [1.82, 2.24) is 0 Å². The molecule has 3 aromatic rings. The van der Waals surface area contributed by atoms with Gasteiger partial charge in [0, 0.05) is 12.6 Å². The molecule has 1 aliphatic heterocycles. The maximum Gasteiger partial charge on any atom is 0.279 e. The second-order valence-corrected chi connectivity index (χ2v) is 5.81. The number of hydrogen-bond acceptors (Lipinski definition) is 3. The Morgan fingerprint density at radius 2 is 1.28 bits per heavy atom. The first kappa shape index (κ1) is 15.1. The monoisotopic (exact) mass is 327 g/mol. The highest BCUT2D eigenvalue weighted by atomic mass is 16.2. The largest absolute Gasteiger partial charge is 0.309 e. The summed E-state index contributed by atoms with van der Waals surface area (Å²) in [5, 5.41) is 6.56. The number of benzene rings is 3. The fourth-order valence-electron chi connectivity index (χ4n) is 2.95. The van der Waals surface area contributed by atoms with E-state index in [1.807, 2.05) is 89.9 Å². The van der Waals surface area contributed by atoms with E-state index < -0.39 is 0 Å². The Balaban J connectivity index is 1.87. The molecule has 1 heterocycles. The Morgan fingerprint density at radius 1 is 0.760 bits per heavy atom. The molecule has 1 amide bonds. The van der Waals surface area contributed by atoms with Crippen LogP contribution >= 0.6 is 0 Å². The molecule has 0 bridgehead atoms. The lowest BCUT2D eigenvalue weighted by Gasteiger charge is -2.20. The molecular formula is C21H17N3O. The number of likely N-dealkylation sites (N-methyl/N-ethyl adjacent to an activating group) is 1. The first-order valence-corrected chi connectivity index (χ1v) is 8.12. The van der Waals surface area contributed by atoms with Crippen molar-refractivity contribution in [1.29, 1.82) is 0 Å². The van der Waals surface area contributed by atoms with Crippen LogP contribution in [0.2, 0.25) is 0 Å². The number of para-hydroxylation sites is 3. The van der Waals surface area contributed by atoms with Crippen molar-refractivity contribution in [3.8, 4) is 0 Å². The topological polar surface area (TPSA) is 35.9 Å². The summed E-state index contributed by atoms with van der Waals surface area (Å²) >= 11 is 0. The molecule has 0 spiro atoms. The van der Waals surface area contributed by atoms with Crippen LogP contribution in [0.25, 0.3) is 0 Å². The van der Waals surface area contributed by atoms with Crippen molar-refractivity contribution in [2.45, 2.75) is 0 Å². The fourth-order valence-corrected chi connectivity index (χ4v) is 2.95. The smallest absolute Gasteiger partial charge is 0.279 e. The molecule has 0 saturated heterocycles. The van der Waals surface area contributed by atoms with Crippen molar-refractivity contribution in [2.24, 2.45) is 5.10 Å². The van der Waals surface area contributed by atoms with Crippen LogP contribution in [-0.2, 0) is 4.79 Å². The van der Waals surface area contributed by atoms with Gasteiger partial charge in [0.2, 0.25) is 0 Å². The van der Waals surface area contributed by atoms with Gasteiger partial charge in [0.15, 0.2) is 5.71 Å². The lowest BCUT2D eigenvalue weighted by Crippen LogP contribution is -2.27. The van der Waals surface area contributed by atoms with Gasteiger partial charge in [0.25, 0.3) is 5.91 Å². The van der Waals surface area contributed by atoms with Gasteiger partial charge in [-0.3, -0.25) is 4.79 Å². The van der Waals surface area contributed by atoms with Gasteiger partial charge < -0.3 is 4.90 Å². The summed E-state index contributed by atoms with van der Waals surface area (Å²) in [6.45, 7) is 0. The molecule has 25 heavy (non-hydrogen) atoms. The number of carbonyl (C=O) groups excluding carboxylic acids is 1. The van der Waals surface area contributed by atoms with Gasteiger partial charge in [-0.1, -0.05) is 54.6 Å². The van der Waals surface area contributed by atoms with Gasteiger partial charge >= 0.3 is 0 Å². The van der Waals surface area contributed by atoms with Crippen LogP contribution in [0.5, 0.6) is 0 Å². The molecule has 0 aromatic heterocycles. The van der Waals surface area contributed by atoms with Gasteiger partial charge in [0.1, 0.15) is 0 Å². The Morgan fingerprint density at radius 3 is 1.88 bits per heavy atom. The molecule has 4 nitrogen and oxygen atoms in total. The molecule has 1 aliphatic rings. The minimum absolute atomic E-state index is 0.0990. The van der Waals surface area contributed by atoms with Crippen molar-refractivity contribution < 1.29 is 4.79 Å². The molecule has 122 valence electrons. The Bertz CT molecular complexity index is 896. The highest BCUT2D eigenvalue weighted by Gasteiger charge is 2.32. The predicted octanol–water partition coefficient (Wildman–Crippen LogP) is 4.21. The summed E-state index contributed by atoms with van der Waals surface area (Å²) in [5.74, 6) is -0.0990. The van der Waals surface area contributed by atoms with E-state index in [0.29, 0.717) is 5.71 Å². The van der Waals surface area contributed by atoms with E-state index >= 15 is 0 Å². The highest BCUT2D eigenvalue weighted by molar-refractivity contribution is 6.54. The number of hydrogen-bond donors (Lipinski definition) is 0. The van der Waals surface area contributed by atoms with Crippen molar-refractivity contribution in [2.75, 3.05) is 17.0 Å².